The number of nitrogens with zero attached hydrogens (tertiary/aromatic N) is 3. The number of fused-ring (bicyclic) bond motifs is 1. The highest BCUT2D eigenvalue weighted by Gasteiger charge is 2.44. The summed E-state index contributed by atoms with van der Waals surface area (Å²) >= 11 is 0. The zero-order chi connectivity index (χ0) is 40.4. The van der Waals surface area contributed by atoms with Gasteiger partial charge < -0.3 is 26.2 Å². The third-order valence-electron chi connectivity index (χ3n) is 10.8. The van der Waals surface area contributed by atoms with Crippen molar-refractivity contribution in [2.45, 2.75) is 123 Å². The van der Waals surface area contributed by atoms with E-state index in [1.165, 1.54) is 23.5 Å². The molecule has 13 nitrogen and oxygen atoms in total. The van der Waals surface area contributed by atoms with Crippen LogP contribution in [-0.2, 0) is 36.9 Å². The van der Waals surface area contributed by atoms with E-state index in [1.54, 1.807) is 6.92 Å². The van der Waals surface area contributed by atoms with Gasteiger partial charge in [-0.2, -0.15) is 0 Å². The van der Waals surface area contributed by atoms with Crippen molar-refractivity contribution in [3.63, 3.8) is 0 Å². The molecule has 5 rings (SSSR count). The van der Waals surface area contributed by atoms with Crippen molar-refractivity contribution < 1.29 is 28.8 Å². The lowest BCUT2D eigenvalue weighted by molar-refractivity contribution is -0.148. The van der Waals surface area contributed by atoms with Crippen molar-refractivity contribution in [3.05, 3.63) is 95.6 Å². The number of rotatable bonds is 14. The highest BCUT2D eigenvalue weighted by Crippen LogP contribution is 2.30. The van der Waals surface area contributed by atoms with Gasteiger partial charge in [-0.25, -0.2) is 4.98 Å². The Morgan fingerprint density at radius 1 is 0.839 bits per heavy atom. The molecule has 4 N–H and O–H groups in total. The lowest BCUT2D eigenvalue weighted by Crippen LogP contribution is -2.63. The molecule has 0 bridgehead atoms. The number of ketones is 1. The highest BCUT2D eigenvalue weighted by atomic mass is 16.2. The molecule has 5 amide bonds. The van der Waals surface area contributed by atoms with E-state index in [2.05, 4.69) is 31.2 Å². The Morgan fingerprint density at radius 2 is 1.52 bits per heavy atom. The minimum absolute atomic E-state index is 0.0773. The first-order chi connectivity index (χ1) is 26.8. The first-order valence-electron chi connectivity index (χ1n) is 19.7. The van der Waals surface area contributed by atoms with E-state index in [0.717, 1.165) is 48.8 Å². The molecule has 0 saturated heterocycles. The number of benzene rings is 2. The number of carbonyl (C=O) groups excluding carboxylic acids is 6. The zero-order valence-corrected chi connectivity index (χ0v) is 33.0. The summed E-state index contributed by atoms with van der Waals surface area (Å²) in [5.74, 6) is -3.81. The summed E-state index contributed by atoms with van der Waals surface area (Å²) in [6.45, 7) is 9.23. The maximum Gasteiger partial charge on any atom is 0.290 e. The fourth-order valence-electron chi connectivity index (χ4n) is 7.61. The summed E-state index contributed by atoms with van der Waals surface area (Å²) in [6.07, 6.45) is 9.44. The fourth-order valence-corrected chi connectivity index (χ4v) is 7.61. The lowest BCUT2D eigenvalue weighted by Gasteiger charge is -2.42. The summed E-state index contributed by atoms with van der Waals surface area (Å²) in [6, 6.07) is 12.2. The van der Waals surface area contributed by atoms with Crippen LogP contribution in [0.25, 0.3) is 0 Å². The molecule has 1 aliphatic heterocycles. The average Bonchev–Trinajstić information content (AvgIpc) is 3.21. The van der Waals surface area contributed by atoms with Gasteiger partial charge in [0.25, 0.3) is 11.8 Å². The molecule has 1 aliphatic carbocycles. The van der Waals surface area contributed by atoms with Crippen LogP contribution in [0.1, 0.15) is 113 Å². The van der Waals surface area contributed by atoms with Gasteiger partial charge in [-0.15, -0.1) is 0 Å². The fraction of sp³-hybridized carbons (Fsp3) is 0.488. The van der Waals surface area contributed by atoms with Crippen LogP contribution in [0.3, 0.4) is 0 Å². The van der Waals surface area contributed by atoms with E-state index in [-0.39, 0.29) is 31.0 Å². The Bertz CT molecular complexity index is 1860. The van der Waals surface area contributed by atoms with Gasteiger partial charge in [-0.3, -0.25) is 33.8 Å². The average molecular weight is 766 g/mol. The monoisotopic (exact) mass is 765 g/mol. The molecule has 0 unspecified atom stereocenters. The second kappa shape index (κ2) is 18.9. The maximum atomic E-state index is 14.9. The molecular weight excluding hydrogens is 711 g/mol. The van der Waals surface area contributed by atoms with Crippen LogP contribution in [-0.4, -0.2) is 74.4 Å². The molecule has 0 radical (unpaired) electrons. The number of hydrogen-bond acceptors (Lipinski definition) is 8. The van der Waals surface area contributed by atoms with Gasteiger partial charge in [0.2, 0.25) is 23.5 Å². The first kappa shape index (κ1) is 41.7. The third-order valence-corrected chi connectivity index (χ3v) is 10.8. The summed E-state index contributed by atoms with van der Waals surface area (Å²) < 4.78 is 0. The molecule has 1 aromatic heterocycles. The minimum atomic E-state index is -1.11. The van der Waals surface area contributed by atoms with Gasteiger partial charge in [0.05, 0.1) is 18.3 Å². The van der Waals surface area contributed by atoms with E-state index in [9.17, 15) is 28.8 Å². The Morgan fingerprint density at radius 3 is 2.16 bits per heavy atom. The molecule has 3 aromatic rings. The normalized spacial score (nSPS) is 17.9. The van der Waals surface area contributed by atoms with E-state index >= 15 is 0 Å². The van der Waals surface area contributed by atoms with Crippen LogP contribution in [0.15, 0.2) is 73.2 Å². The van der Waals surface area contributed by atoms with Gasteiger partial charge in [0, 0.05) is 25.4 Å². The van der Waals surface area contributed by atoms with Crippen molar-refractivity contribution in [2.24, 2.45) is 11.3 Å². The third kappa shape index (κ3) is 10.4. The molecule has 56 heavy (non-hydrogen) atoms. The SMILES string of the molecule is CCC[C@H](NC(=O)[C@@H]1Cc2ccccc2CN1C(=O)[C@@H](NC(=O)[C@@H](NC(=O)c1cnccn1)C1CCCCC1)C(C)(C)C)C(=O)C(=O)N[C@@H](C)c1ccccc1. The molecule has 1 saturated carbocycles. The van der Waals surface area contributed by atoms with Crippen molar-refractivity contribution in [3.8, 4) is 0 Å². The van der Waals surface area contributed by atoms with Crippen molar-refractivity contribution in [1.82, 2.24) is 36.1 Å². The summed E-state index contributed by atoms with van der Waals surface area (Å²) in [4.78, 5) is 93.1. The molecular formula is C43H55N7O6. The van der Waals surface area contributed by atoms with Gasteiger partial charge in [-0.1, -0.05) is 108 Å². The number of Topliss-reactive ketones (excluding diaryl/α,β-unsaturated/α-hetero) is 1. The van der Waals surface area contributed by atoms with Crippen LogP contribution in [0, 0.1) is 11.3 Å². The van der Waals surface area contributed by atoms with E-state index in [4.69, 9.17) is 0 Å². The minimum Gasteiger partial charge on any atom is -0.344 e. The van der Waals surface area contributed by atoms with Gasteiger partial charge >= 0.3 is 0 Å². The Hall–Kier alpha value is -5.46. The molecule has 0 spiro atoms. The molecule has 2 heterocycles. The van der Waals surface area contributed by atoms with E-state index in [0.29, 0.717) is 6.42 Å². The first-order valence-corrected chi connectivity index (χ1v) is 19.7. The van der Waals surface area contributed by atoms with Gasteiger partial charge in [0.1, 0.15) is 23.8 Å². The van der Waals surface area contributed by atoms with E-state index in [1.807, 2.05) is 82.3 Å². The molecule has 1 fully saturated rings. The number of nitrogens with one attached hydrogen (secondary N) is 4. The smallest absolute Gasteiger partial charge is 0.290 e. The van der Waals surface area contributed by atoms with Crippen LogP contribution < -0.4 is 21.3 Å². The number of aromatic nitrogens is 2. The van der Waals surface area contributed by atoms with Crippen LogP contribution in [0.5, 0.6) is 0 Å². The Balaban J connectivity index is 1.39. The topological polar surface area (TPSA) is 180 Å². The predicted molar refractivity (Wildman–Crippen MR) is 211 cm³/mol. The van der Waals surface area contributed by atoms with Crippen LogP contribution in [0.2, 0.25) is 0 Å². The summed E-state index contributed by atoms with van der Waals surface area (Å²) in [5.41, 5.74) is 1.83. The van der Waals surface area contributed by atoms with Gasteiger partial charge in [-0.05, 0) is 54.2 Å². The second-order valence-electron chi connectivity index (χ2n) is 16.0. The van der Waals surface area contributed by atoms with E-state index < -0.39 is 70.9 Å². The lowest BCUT2D eigenvalue weighted by atomic mass is 9.81. The van der Waals surface area contributed by atoms with Crippen molar-refractivity contribution in [2.75, 3.05) is 0 Å². The molecule has 13 heteroatoms. The maximum absolute atomic E-state index is 14.9. The predicted octanol–water partition coefficient (Wildman–Crippen LogP) is 4.37. The zero-order valence-electron chi connectivity index (χ0n) is 33.0. The second-order valence-corrected chi connectivity index (χ2v) is 16.0. The summed E-state index contributed by atoms with van der Waals surface area (Å²) in [7, 11) is 0. The van der Waals surface area contributed by atoms with Crippen LogP contribution in [0.4, 0.5) is 0 Å². The van der Waals surface area contributed by atoms with Gasteiger partial charge in [0.15, 0.2) is 0 Å². The molecule has 2 aliphatic rings. The van der Waals surface area contributed by atoms with Crippen molar-refractivity contribution in [1.29, 1.82) is 0 Å². The van der Waals surface area contributed by atoms with Crippen molar-refractivity contribution >= 4 is 35.3 Å². The Kier molecular flexibility index (Phi) is 14.1. The number of hydrogen-bond donors (Lipinski definition) is 4. The Labute approximate surface area is 329 Å². The summed E-state index contributed by atoms with van der Waals surface area (Å²) in [5, 5.41) is 11.5. The molecule has 5 atom stereocenters. The number of amides is 5. The quantitative estimate of drug-likeness (QED) is 0.175. The molecule has 2 aromatic carbocycles. The standard InChI is InChI=1S/C43H55N7O6/c1-6-15-32(36(51)41(55)46-27(2)28-16-9-7-10-17-28)47-39(53)34-24-30-20-13-14-21-31(30)26-50(34)42(56)37(43(3,4)5)49-40(54)35(29-18-11-8-12-19-29)48-38(52)33-25-44-22-23-45-33/h7,9-10,13-14,16-17,20-23,25,27,29,32,34-35,37H,6,8,11-12,15,18-19,24,26H2,1-5H3,(H,46,55)(H,47,53)(H,48,52)(H,49,54)/t27-,32-,34-,35-,37+/m0/s1. The number of carbonyl (C=O) groups is 6. The largest absolute Gasteiger partial charge is 0.344 e. The van der Waals surface area contributed by atoms with Crippen LogP contribution >= 0.6 is 0 Å². The highest BCUT2D eigenvalue weighted by molar-refractivity contribution is 6.38. The molecule has 298 valence electrons.